The van der Waals surface area contributed by atoms with E-state index in [4.69, 9.17) is 4.74 Å². The summed E-state index contributed by atoms with van der Waals surface area (Å²) in [6.07, 6.45) is 4.37. The maximum atomic E-state index is 11.7. The van der Waals surface area contributed by atoms with Crippen LogP contribution in [0.1, 0.15) is 26.3 Å². The molecule has 5 heteroatoms. The molecule has 2 aromatic rings. The normalized spacial score (nSPS) is 11.5. The van der Waals surface area contributed by atoms with Crippen LogP contribution >= 0.6 is 15.9 Å². The van der Waals surface area contributed by atoms with Gasteiger partial charge in [-0.05, 0) is 44.9 Å². The van der Waals surface area contributed by atoms with Crippen LogP contribution in [0.3, 0.4) is 0 Å². The van der Waals surface area contributed by atoms with Gasteiger partial charge >= 0.3 is 6.09 Å². The van der Waals surface area contributed by atoms with Crippen LogP contribution in [0.15, 0.2) is 41.5 Å². The van der Waals surface area contributed by atoms with Gasteiger partial charge in [0.2, 0.25) is 0 Å². The quantitative estimate of drug-likeness (QED) is 0.768. The van der Waals surface area contributed by atoms with Crippen LogP contribution in [0, 0.1) is 0 Å². The van der Waals surface area contributed by atoms with E-state index in [1.807, 2.05) is 32.9 Å². The van der Waals surface area contributed by atoms with Crippen molar-refractivity contribution in [3.05, 3.63) is 47.1 Å². The number of halogens is 1. The van der Waals surface area contributed by atoms with E-state index in [0.717, 1.165) is 23.0 Å². The molecule has 23 heavy (non-hydrogen) atoms. The first kappa shape index (κ1) is 17.6. The number of ether oxygens (including phenoxy) is 1. The number of nitrogens with one attached hydrogen (secondary N) is 1. The summed E-state index contributed by atoms with van der Waals surface area (Å²) < 4.78 is 8.46. The number of hydrogen-bond donors (Lipinski definition) is 1. The zero-order chi connectivity index (χ0) is 17.0. The van der Waals surface area contributed by atoms with Crippen LogP contribution in [0.4, 0.5) is 4.79 Å². The zero-order valence-corrected chi connectivity index (χ0v) is 15.4. The van der Waals surface area contributed by atoms with E-state index in [1.54, 1.807) is 0 Å². The lowest BCUT2D eigenvalue weighted by Crippen LogP contribution is -2.33. The van der Waals surface area contributed by atoms with Gasteiger partial charge in [0.15, 0.2) is 0 Å². The van der Waals surface area contributed by atoms with Crippen molar-refractivity contribution < 1.29 is 9.53 Å². The first-order valence-corrected chi connectivity index (χ1v) is 8.44. The lowest BCUT2D eigenvalue weighted by atomic mass is 10.1. The van der Waals surface area contributed by atoms with Gasteiger partial charge in [0.05, 0.1) is 0 Å². The van der Waals surface area contributed by atoms with Gasteiger partial charge in [0, 0.05) is 34.7 Å². The number of carbonyl (C=O) groups excluding carboxylic acids is 1. The van der Waals surface area contributed by atoms with Gasteiger partial charge in [-0.3, -0.25) is 0 Å². The summed E-state index contributed by atoms with van der Waals surface area (Å²) in [7, 11) is 0. The summed E-state index contributed by atoms with van der Waals surface area (Å²) in [5, 5.41) is 4.00. The molecule has 1 amide bonds. The Morgan fingerprint density at radius 2 is 2.17 bits per heavy atom. The Bertz CT molecular complexity index is 714. The molecule has 0 aliphatic rings. The van der Waals surface area contributed by atoms with Gasteiger partial charge in [-0.2, -0.15) is 0 Å². The van der Waals surface area contributed by atoms with Crippen LogP contribution in [-0.4, -0.2) is 22.8 Å². The molecule has 0 unspecified atom stereocenters. The minimum Gasteiger partial charge on any atom is -0.444 e. The Morgan fingerprint density at radius 1 is 1.43 bits per heavy atom. The van der Waals surface area contributed by atoms with Crippen molar-refractivity contribution >= 4 is 32.9 Å². The second kappa shape index (κ2) is 7.21. The van der Waals surface area contributed by atoms with Crippen LogP contribution in [-0.2, 0) is 17.7 Å². The first-order valence-electron chi connectivity index (χ1n) is 7.65. The molecule has 0 fully saturated rings. The summed E-state index contributed by atoms with van der Waals surface area (Å²) in [6.45, 7) is 10.7. The van der Waals surface area contributed by atoms with Gasteiger partial charge in [0.25, 0.3) is 0 Å². The third kappa shape index (κ3) is 4.86. The van der Waals surface area contributed by atoms with Crippen molar-refractivity contribution in [2.75, 3.05) is 6.54 Å². The largest absolute Gasteiger partial charge is 0.444 e. The number of alkyl carbamates (subject to hydrolysis) is 1. The van der Waals surface area contributed by atoms with Crippen molar-refractivity contribution in [2.24, 2.45) is 0 Å². The van der Waals surface area contributed by atoms with Gasteiger partial charge in [0.1, 0.15) is 5.60 Å². The Kier molecular flexibility index (Phi) is 5.52. The minimum atomic E-state index is -0.476. The summed E-state index contributed by atoms with van der Waals surface area (Å²) in [4.78, 5) is 11.7. The molecule has 0 saturated carbocycles. The van der Waals surface area contributed by atoms with Crippen molar-refractivity contribution in [1.29, 1.82) is 0 Å². The number of benzene rings is 1. The van der Waals surface area contributed by atoms with Crippen molar-refractivity contribution in [3.8, 4) is 0 Å². The fourth-order valence-corrected chi connectivity index (χ4v) is 2.79. The van der Waals surface area contributed by atoms with Crippen molar-refractivity contribution in [1.82, 2.24) is 9.88 Å². The third-order valence-corrected chi connectivity index (χ3v) is 3.81. The highest BCUT2D eigenvalue weighted by Gasteiger charge is 2.16. The molecule has 0 bridgehead atoms. The summed E-state index contributed by atoms with van der Waals surface area (Å²) in [5.74, 6) is 0. The Morgan fingerprint density at radius 3 is 2.83 bits per heavy atom. The predicted octanol–water partition coefficient (Wildman–Crippen LogP) is 4.66. The molecule has 1 heterocycles. The summed E-state index contributed by atoms with van der Waals surface area (Å²) in [5.41, 5.74) is 1.88. The van der Waals surface area contributed by atoms with E-state index in [2.05, 4.69) is 50.7 Å². The molecule has 4 nitrogen and oxygen atoms in total. The maximum absolute atomic E-state index is 11.7. The molecule has 0 radical (unpaired) electrons. The van der Waals surface area contributed by atoms with E-state index in [1.165, 1.54) is 10.9 Å². The highest BCUT2D eigenvalue weighted by Crippen LogP contribution is 2.25. The molecule has 0 aliphatic heterocycles. The van der Waals surface area contributed by atoms with Gasteiger partial charge in [-0.25, -0.2) is 4.79 Å². The number of nitrogens with zero attached hydrogens (tertiary/aromatic N) is 1. The average molecular weight is 379 g/mol. The molecule has 0 saturated heterocycles. The minimum absolute atomic E-state index is 0.380. The maximum Gasteiger partial charge on any atom is 0.407 e. The predicted molar refractivity (Wildman–Crippen MR) is 97.8 cm³/mol. The standard InChI is InChI=1S/C18H23BrN2O2/c1-5-10-21-12-13(15-7-6-14(19)11-16(15)21)8-9-20-17(22)23-18(2,3)4/h5-7,11-12H,1,8-10H2,2-4H3,(H,20,22). The van der Waals surface area contributed by atoms with Crippen LogP contribution in [0.5, 0.6) is 0 Å². The van der Waals surface area contributed by atoms with E-state index in [0.29, 0.717) is 6.54 Å². The number of hydrogen-bond acceptors (Lipinski definition) is 2. The second-order valence-electron chi connectivity index (χ2n) is 6.44. The fraction of sp³-hybridized carbons (Fsp3) is 0.389. The zero-order valence-electron chi connectivity index (χ0n) is 13.9. The van der Waals surface area contributed by atoms with E-state index < -0.39 is 5.60 Å². The molecule has 1 aromatic carbocycles. The van der Waals surface area contributed by atoms with Crippen LogP contribution in [0.25, 0.3) is 10.9 Å². The van der Waals surface area contributed by atoms with Crippen LogP contribution in [0.2, 0.25) is 0 Å². The Labute approximate surface area is 145 Å². The number of rotatable bonds is 5. The molecule has 0 spiro atoms. The second-order valence-corrected chi connectivity index (χ2v) is 7.35. The number of aromatic nitrogens is 1. The molecule has 124 valence electrons. The summed E-state index contributed by atoms with van der Waals surface area (Å²) >= 11 is 3.51. The summed E-state index contributed by atoms with van der Waals surface area (Å²) in [6, 6.07) is 6.23. The molecule has 1 N–H and O–H groups in total. The number of amides is 1. The highest BCUT2D eigenvalue weighted by atomic mass is 79.9. The monoisotopic (exact) mass is 378 g/mol. The SMILES string of the molecule is C=CCn1cc(CCNC(=O)OC(C)(C)C)c2ccc(Br)cc21. The topological polar surface area (TPSA) is 43.3 Å². The lowest BCUT2D eigenvalue weighted by Gasteiger charge is -2.19. The molecular weight excluding hydrogens is 356 g/mol. The number of fused-ring (bicyclic) bond motifs is 1. The Hall–Kier alpha value is -1.75. The molecule has 0 aliphatic carbocycles. The Balaban J connectivity index is 2.08. The molecular formula is C18H23BrN2O2. The van der Waals surface area contributed by atoms with Crippen molar-refractivity contribution in [3.63, 3.8) is 0 Å². The average Bonchev–Trinajstić information content (AvgIpc) is 2.75. The van der Waals surface area contributed by atoms with E-state index in [-0.39, 0.29) is 6.09 Å². The van der Waals surface area contributed by atoms with E-state index >= 15 is 0 Å². The first-order chi connectivity index (χ1) is 10.8. The van der Waals surface area contributed by atoms with Crippen LogP contribution < -0.4 is 5.32 Å². The van der Waals surface area contributed by atoms with Crippen molar-refractivity contribution in [2.45, 2.75) is 39.3 Å². The number of carbonyl (C=O) groups is 1. The van der Waals surface area contributed by atoms with E-state index in [9.17, 15) is 4.79 Å². The van der Waals surface area contributed by atoms with Gasteiger partial charge in [-0.15, -0.1) is 6.58 Å². The highest BCUT2D eigenvalue weighted by molar-refractivity contribution is 9.10. The lowest BCUT2D eigenvalue weighted by molar-refractivity contribution is 0.0528. The smallest absolute Gasteiger partial charge is 0.407 e. The molecule has 1 aromatic heterocycles. The molecule has 2 rings (SSSR count). The van der Waals surface area contributed by atoms with Gasteiger partial charge < -0.3 is 14.6 Å². The third-order valence-electron chi connectivity index (χ3n) is 3.32. The molecule has 0 atom stereocenters. The fourth-order valence-electron chi connectivity index (χ4n) is 2.44. The number of allylic oxidation sites excluding steroid dienone is 1. The van der Waals surface area contributed by atoms with Gasteiger partial charge in [-0.1, -0.05) is 28.1 Å².